The molecule has 1 aromatic carbocycles. The number of hydrogen-bond acceptors (Lipinski definition) is 7. The van der Waals surface area contributed by atoms with Crippen LogP contribution in [0.4, 0.5) is 5.69 Å². The molecule has 4 rings (SSSR count). The summed E-state index contributed by atoms with van der Waals surface area (Å²) in [6, 6.07) is 7.24. The maximum Gasteiger partial charge on any atom is 0.267 e. The lowest BCUT2D eigenvalue weighted by atomic mass is 10.0. The highest BCUT2D eigenvalue weighted by Crippen LogP contribution is 2.32. The number of benzene rings is 1. The number of aromatic nitrogens is 1. The molecule has 3 heterocycles. The minimum Gasteiger partial charge on any atom is -0.384 e. The number of primary amides is 1. The van der Waals surface area contributed by atoms with Gasteiger partial charge in [-0.25, -0.2) is 0 Å². The Hall–Kier alpha value is -4.08. The molecule has 10 heteroatoms. The topological polar surface area (TPSA) is 152 Å². The minimum atomic E-state index is -1.02. The first-order chi connectivity index (χ1) is 14.9. The molecule has 5 amide bonds. The van der Waals surface area contributed by atoms with Crippen molar-refractivity contribution >= 4 is 35.2 Å². The monoisotopic (exact) mass is 421 g/mol. The van der Waals surface area contributed by atoms with E-state index in [0.717, 1.165) is 4.90 Å². The summed E-state index contributed by atoms with van der Waals surface area (Å²) >= 11 is 0. The Morgan fingerprint density at radius 3 is 2.71 bits per heavy atom. The second-order valence-electron chi connectivity index (χ2n) is 7.23. The summed E-state index contributed by atoms with van der Waals surface area (Å²) in [4.78, 5) is 65.9. The Kier molecular flexibility index (Phi) is 5.20. The number of carbonyl (C=O) groups is 5. The van der Waals surface area contributed by atoms with Crippen LogP contribution in [0.25, 0.3) is 0 Å². The number of nitrogens with two attached hydrogens (primary N) is 1. The standard InChI is InChI=1S/C21H19N5O5/c22-18(28)17-11(3-2-9-24-17)8-10-23-13-5-1-4-12-16(13)21(31)26(20(12)30)14-6-7-15(27)25-19(14)29/h1-5,9,14,23H,6-8,10H2,(H2,22,28)(H,25,27,29). The van der Waals surface area contributed by atoms with Crippen molar-refractivity contribution in [2.24, 2.45) is 5.73 Å². The average Bonchev–Trinajstić information content (AvgIpc) is 3.00. The maximum absolute atomic E-state index is 13.1. The van der Waals surface area contributed by atoms with Crippen molar-refractivity contribution in [3.8, 4) is 0 Å². The molecule has 31 heavy (non-hydrogen) atoms. The summed E-state index contributed by atoms with van der Waals surface area (Å²) in [5.74, 6) is -2.86. The van der Waals surface area contributed by atoms with Gasteiger partial charge in [-0.3, -0.25) is 39.2 Å². The fourth-order valence-electron chi connectivity index (χ4n) is 3.86. The average molecular weight is 421 g/mol. The number of piperidine rings is 1. The molecule has 158 valence electrons. The molecule has 1 aromatic heterocycles. The number of fused-ring (bicyclic) bond motifs is 1. The first kappa shape index (κ1) is 20.2. The summed E-state index contributed by atoms with van der Waals surface area (Å²) in [7, 11) is 0. The van der Waals surface area contributed by atoms with Crippen LogP contribution >= 0.6 is 0 Å². The molecule has 0 aliphatic carbocycles. The van der Waals surface area contributed by atoms with Crippen LogP contribution < -0.4 is 16.4 Å². The van der Waals surface area contributed by atoms with Crippen molar-refractivity contribution in [3.05, 3.63) is 58.9 Å². The first-order valence-corrected chi connectivity index (χ1v) is 9.70. The molecular formula is C21H19N5O5. The van der Waals surface area contributed by atoms with Crippen molar-refractivity contribution < 1.29 is 24.0 Å². The van der Waals surface area contributed by atoms with Crippen LogP contribution in [-0.4, -0.2) is 52.0 Å². The third-order valence-corrected chi connectivity index (χ3v) is 5.30. The fourth-order valence-corrected chi connectivity index (χ4v) is 3.86. The summed E-state index contributed by atoms with van der Waals surface area (Å²) in [5.41, 5.74) is 6.99. The normalized spacial score (nSPS) is 18.1. The molecule has 0 spiro atoms. The third kappa shape index (κ3) is 3.63. The zero-order valence-electron chi connectivity index (χ0n) is 16.4. The smallest absolute Gasteiger partial charge is 0.267 e. The van der Waals surface area contributed by atoms with Crippen LogP contribution in [0.2, 0.25) is 0 Å². The Labute approximate surface area is 176 Å². The zero-order chi connectivity index (χ0) is 22.1. The number of carbonyl (C=O) groups excluding carboxylic acids is 5. The predicted molar refractivity (Wildman–Crippen MR) is 108 cm³/mol. The lowest BCUT2D eigenvalue weighted by Gasteiger charge is -2.27. The van der Waals surface area contributed by atoms with Gasteiger partial charge in [-0.15, -0.1) is 0 Å². The van der Waals surface area contributed by atoms with Crippen LogP contribution in [0.1, 0.15) is 49.6 Å². The number of nitrogens with one attached hydrogen (secondary N) is 2. The molecule has 1 unspecified atom stereocenters. The van der Waals surface area contributed by atoms with Crippen molar-refractivity contribution in [2.45, 2.75) is 25.3 Å². The largest absolute Gasteiger partial charge is 0.384 e. The molecule has 2 aliphatic rings. The zero-order valence-corrected chi connectivity index (χ0v) is 16.4. The molecule has 4 N–H and O–H groups in total. The Balaban J connectivity index is 1.53. The van der Waals surface area contributed by atoms with Gasteiger partial charge < -0.3 is 11.1 Å². The van der Waals surface area contributed by atoms with Crippen molar-refractivity contribution in [1.29, 1.82) is 0 Å². The van der Waals surface area contributed by atoms with Crippen LogP contribution in [0.5, 0.6) is 0 Å². The summed E-state index contributed by atoms with van der Waals surface area (Å²) in [6.07, 6.45) is 2.04. The van der Waals surface area contributed by atoms with Crippen LogP contribution in [0.15, 0.2) is 36.5 Å². The van der Waals surface area contributed by atoms with Gasteiger partial charge in [0.1, 0.15) is 11.7 Å². The van der Waals surface area contributed by atoms with Gasteiger partial charge in [-0.1, -0.05) is 12.1 Å². The molecular weight excluding hydrogens is 402 g/mol. The van der Waals surface area contributed by atoms with Crippen molar-refractivity contribution in [1.82, 2.24) is 15.2 Å². The van der Waals surface area contributed by atoms with Gasteiger partial charge in [0.2, 0.25) is 11.8 Å². The van der Waals surface area contributed by atoms with Crippen LogP contribution in [0, 0.1) is 0 Å². The highest BCUT2D eigenvalue weighted by Gasteiger charge is 2.45. The summed E-state index contributed by atoms with van der Waals surface area (Å²) in [5, 5.41) is 5.29. The van der Waals surface area contributed by atoms with Gasteiger partial charge in [0.05, 0.1) is 11.1 Å². The molecule has 0 saturated carbocycles. The van der Waals surface area contributed by atoms with E-state index >= 15 is 0 Å². The van der Waals surface area contributed by atoms with Gasteiger partial charge in [0, 0.05) is 24.8 Å². The molecule has 0 radical (unpaired) electrons. The summed E-state index contributed by atoms with van der Waals surface area (Å²) < 4.78 is 0. The number of imide groups is 2. The van der Waals surface area contributed by atoms with Crippen LogP contribution in [0.3, 0.4) is 0 Å². The Bertz CT molecular complexity index is 1130. The number of hydrogen-bond donors (Lipinski definition) is 3. The van der Waals surface area contributed by atoms with E-state index in [1.165, 1.54) is 12.3 Å². The van der Waals surface area contributed by atoms with Crippen molar-refractivity contribution in [2.75, 3.05) is 11.9 Å². The molecule has 1 saturated heterocycles. The molecule has 1 atom stereocenters. The SMILES string of the molecule is NC(=O)c1ncccc1CCNc1cccc2c1C(=O)N(C1CCC(=O)NC1=O)C2=O. The minimum absolute atomic E-state index is 0.0578. The van der Waals surface area contributed by atoms with Gasteiger partial charge in [0.25, 0.3) is 17.7 Å². The van der Waals surface area contributed by atoms with Gasteiger partial charge in [-0.05, 0) is 36.6 Å². The Morgan fingerprint density at radius 1 is 1.16 bits per heavy atom. The lowest BCUT2D eigenvalue weighted by molar-refractivity contribution is -0.136. The van der Waals surface area contributed by atoms with Crippen molar-refractivity contribution in [3.63, 3.8) is 0 Å². The highest BCUT2D eigenvalue weighted by molar-refractivity contribution is 6.25. The van der Waals surface area contributed by atoms with E-state index in [2.05, 4.69) is 15.6 Å². The number of pyridine rings is 1. The van der Waals surface area contributed by atoms with E-state index in [1.807, 2.05) is 0 Å². The van der Waals surface area contributed by atoms with Gasteiger partial charge >= 0.3 is 0 Å². The van der Waals surface area contributed by atoms with Gasteiger partial charge in [0.15, 0.2) is 0 Å². The molecule has 10 nitrogen and oxygen atoms in total. The van der Waals surface area contributed by atoms with E-state index in [-0.39, 0.29) is 29.7 Å². The molecule has 0 bridgehead atoms. The number of amides is 5. The lowest BCUT2D eigenvalue weighted by Crippen LogP contribution is -2.54. The summed E-state index contributed by atoms with van der Waals surface area (Å²) in [6.45, 7) is 0.350. The van der Waals surface area contributed by atoms with E-state index in [4.69, 9.17) is 5.73 Å². The quantitative estimate of drug-likeness (QED) is 0.565. The predicted octanol–water partition coefficient (Wildman–Crippen LogP) is 0.236. The molecule has 2 aromatic rings. The highest BCUT2D eigenvalue weighted by atomic mass is 16.2. The first-order valence-electron chi connectivity index (χ1n) is 9.70. The van der Waals surface area contributed by atoms with E-state index in [9.17, 15) is 24.0 Å². The fraction of sp³-hybridized carbons (Fsp3) is 0.238. The van der Waals surface area contributed by atoms with Gasteiger partial charge in [-0.2, -0.15) is 0 Å². The number of anilines is 1. The molecule has 2 aliphatic heterocycles. The van der Waals surface area contributed by atoms with E-state index in [0.29, 0.717) is 24.2 Å². The number of rotatable bonds is 6. The van der Waals surface area contributed by atoms with E-state index < -0.39 is 35.6 Å². The second kappa shape index (κ2) is 7.98. The van der Waals surface area contributed by atoms with Crippen LogP contribution in [-0.2, 0) is 16.0 Å². The Morgan fingerprint density at radius 2 is 1.97 bits per heavy atom. The third-order valence-electron chi connectivity index (χ3n) is 5.30. The maximum atomic E-state index is 13.1. The number of nitrogens with zero attached hydrogens (tertiary/aromatic N) is 2. The van der Waals surface area contributed by atoms with E-state index in [1.54, 1.807) is 24.3 Å². The second-order valence-corrected chi connectivity index (χ2v) is 7.23. The molecule has 1 fully saturated rings.